The van der Waals surface area contributed by atoms with Gasteiger partial charge >= 0.3 is 17.9 Å². The van der Waals surface area contributed by atoms with Gasteiger partial charge in [0.1, 0.15) is 11.6 Å². The number of anilines is 1. The third-order valence-corrected chi connectivity index (χ3v) is 6.29. The number of carboxylic acid groups (broad SMARTS) is 3. The lowest BCUT2D eigenvalue weighted by Gasteiger charge is -2.33. The molecule has 3 rings (SSSR count). The van der Waals surface area contributed by atoms with Gasteiger partial charge in [0.25, 0.3) is 5.91 Å². The van der Waals surface area contributed by atoms with Gasteiger partial charge in [0.15, 0.2) is 5.60 Å². The fourth-order valence-corrected chi connectivity index (χ4v) is 4.10. The summed E-state index contributed by atoms with van der Waals surface area (Å²) in [5.41, 5.74) is 4.80. The first-order valence-electron chi connectivity index (χ1n) is 12.7. The molecule has 0 aliphatic carbocycles. The Balaban J connectivity index is 0.000000401. The second kappa shape index (κ2) is 15.9. The van der Waals surface area contributed by atoms with Crippen molar-refractivity contribution in [1.82, 2.24) is 10.2 Å². The standard InChI is InChI=1S/C21H25ClFN3O3.C6H8O7/c1-2-28-20-10-19(24)18(22)9-17(20)21(27)25-11-16-13-26(7-8-29-16)12-14-3-5-15(23)6-4-14;7-3(8)1-6(13,5(11)12)2-4(9)10/h3-6,9-10,16H,2,7-8,11-13,24H2,1H3,(H,25,27);13H,1-2H2,(H,7,8)(H,9,10)(H,11,12)/t16-;/m1./s1. The molecule has 1 aliphatic heterocycles. The fourth-order valence-electron chi connectivity index (χ4n) is 3.93. The lowest BCUT2D eigenvalue weighted by atomic mass is 9.96. The van der Waals surface area contributed by atoms with Crippen molar-refractivity contribution in [2.75, 3.05) is 38.6 Å². The summed E-state index contributed by atoms with van der Waals surface area (Å²) in [4.78, 5) is 45.4. The maximum Gasteiger partial charge on any atom is 0.336 e. The van der Waals surface area contributed by atoms with Gasteiger partial charge in [0.05, 0.1) is 48.4 Å². The first-order chi connectivity index (χ1) is 19.7. The summed E-state index contributed by atoms with van der Waals surface area (Å²) in [6.45, 7) is 5.31. The molecular formula is C27H33ClFN3O10. The Morgan fingerprint density at radius 3 is 2.31 bits per heavy atom. The number of aliphatic carboxylic acids is 3. The third-order valence-electron chi connectivity index (χ3n) is 5.96. The molecule has 0 radical (unpaired) electrons. The molecule has 1 aliphatic rings. The number of nitrogen functional groups attached to an aromatic ring is 1. The van der Waals surface area contributed by atoms with E-state index < -0.39 is 36.4 Å². The molecule has 15 heteroatoms. The van der Waals surface area contributed by atoms with Crippen molar-refractivity contribution in [3.63, 3.8) is 0 Å². The lowest BCUT2D eigenvalue weighted by Crippen LogP contribution is -2.47. The van der Waals surface area contributed by atoms with Crippen LogP contribution < -0.4 is 15.8 Å². The Morgan fingerprint density at radius 2 is 1.76 bits per heavy atom. The number of amides is 1. The van der Waals surface area contributed by atoms with Crippen LogP contribution in [0.2, 0.25) is 5.02 Å². The average molecular weight is 614 g/mol. The number of carbonyl (C=O) groups excluding carboxylic acids is 1. The number of carbonyl (C=O) groups is 4. The SMILES string of the molecule is CCOc1cc(N)c(Cl)cc1C(=O)NC[C@@H]1CN(Cc2ccc(F)cc2)CCO1.O=C(O)CC(O)(CC(=O)O)C(=O)O. The van der Waals surface area contributed by atoms with E-state index in [1.807, 2.05) is 6.92 Å². The van der Waals surface area contributed by atoms with E-state index in [-0.39, 0.29) is 17.8 Å². The average Bonchev–Trinajstić information content (AvgIpc) is 2.90. The topological polar surface area (TPSA) is 209 Å². The van der Waals surface area contributed by atoms with Crippen LogP contribution in [-0.4, -0.2) is 93.7 Å². The van der Waals surface area contributed by atoms with E-state index in [1.165, 1.54) is 18.2 Å². The highest BCUT2D eigenvalue weighted by Gasteiger charge is 2.40. The van der Waals surface area contributed by atoms with E-state index >= 15 is 0 Å². The summed E-state index contributed by atoms with van der Waals surface area (Å²) in [5, 5.41) is 37.0. The molecule has 1 atom stereocenters. The van der Waals surface area contributed by atoms with E-state index in [0.29, 0.717) is 54.9 Å². The summed E-state index contributed by atoms with van der Waals surface area (Å²) in [5.74, 6) is -5.16. The minimum absolute atomic E-state index is 0.145. The lowest BCUT2D eigenvalue weighted by molar-refractivity contribution is -0.170. The van der Waals surface area contributed by atoms with Crippen molar-refractivity contribution in [2.45, 2.75) is 38.0 Å². The Labute approximate surface area is 245 Å². The summed E-state index contributed by atoms with van der Waals surface area (Å²) < 4.78 is 24.4. The number of rotatable bonds is 12. The highest BCUT2D eigenvalue weighted by atomic mass is 35.5. The van der Waals surface area contributed by atoms with Gasteiger partial charge in [-0.05, 0) is 30.7 Å². The first-order valence-corrected chi connectivity index (χ1v) is 13.1. The zero-order chi connectivity index (χ0) is 31.4. The molecule has 0 unspecified atom stereocenters. The Kier molecular flexibility index (Phi) is 12.9. The van der Waals surface area contributed by atoms with Crippen LogP contribution in [0.15, 0.2) is 36.4 Å². The highest BCUT2D eigenvalue weighted by molar-refractivity contribution is 6.33. The second-order valence-electron chi connectivity index (χ2n) is 9.35. The molecular weight excluding hydrogens is 581 g/mol. The predicted octanol–water partition coefficient (Wildman–Crippen LogP) is 1.84. The fraction of sp³-hybridized carbons (Fsp3) is 0.407. The number of morpholine rings is 1. The normalized spacial score (nSPS) is 15.2. The van der Waals surface area contributed by atoms with Crippen molar-refractivity contribution in [3.05, 3.63) is 58.4 Å². The number of nitrogens with one attached hydrogen (secondary N) is 1. The number of nitrogens with two attached hydrogens (primary N) is 1. The maximum atomic E-state index is 13.1. The Bertz CT molecular complexity index is 1250. The summed E-state index contributed by atoms with van der Waals surface area (Å²) in [6.07, 6.45) is -2.43. The Hall–Kier alpha value is -3.98. The van der Waals surface area contributed by atoms with Crippen LogP contribution in [0.1, 0.15) is 35.7 Å². The molecule has 0 bridgehead atoms. The van der Waals surface area contributed by atoms with Gasteiger partial charge < -0.3 is 41.0 Å². The van der Waals surface area contributed by atoms with Gasteiger partial charge in [-0.1, -0.05) is 23.7 Å². The number of carboxylic acids is 3. The van der Waals surface area contributed by atoms with Crippen LogP contribution >= 0.6 is 11.6 Å². The van der Waals surface area contributed by atoms with Crippen LogP contribution in [0.25, 0.3) is 0 Å². The number of benzene rings is 2. The second-order valence-corrected chi connectivity index (χ2v) is 9.75. The molecule has 2 aromatic rings. The van der Waals surface area contributed by atoms with Crippen LogP contribution in [0, 0.1) is 5.82 Å². The van der Waals surface area contributed by atoms with Crippen LogP contribution in [0.5, 0.6) is 5.75 Å². The molecule has 0 spiro atoms. The minimum atomic E-state index is -2.74. The van der Waals surface area contributed by atoms with Gasteiger partial charge in [-0.3, -0.25) is 19.3 Å². The number of ether oxygens (including phenoxy) is 2. The number of hydrogen-bond acceptors (Lipinski definition) is 9. The van der Waals surface area contributed by atoms with Crippen molar-refractivity contribution >= 4 is 41.1 Å². The zero-order valence-corrected chi connectivity index (χ0v) is 23.5. The highest BCUT2D eigenvalue weighted by Crippen LogP contribution is 2.29. The van der Waals surface area contributed by atoms with Gasteiger partial charge in [0, 0.05) is 32.2 Å². The van der Waals surface area contributed by atoms with Crippen molar-refractivity contribution in [3.8, 4) is 5.75 Å². The minimum Gasteiger partial charge on any atom is -0.493 e. The van der Waals surface area contributed by atoms with E-state index in [1.54, 1.807) is 18.2 Å². The molecule has 1 amide bonds. The van der Waals surface area contributed by atoms with Crippen molar-refractivity contribution in [2.24, 2.45) is 0 Å². The maximum absolute atomic E-state index is 13.1. The quantitative estimate of drug-likeness (QED) is 0.189. The third kappa shape index (κ3) is 10.8. The molecule has 0 aromatic heterocycles. The zero-order valence-electron chi connectivity index (χ0n) is 22.7. The van der Waals surface area contributed by atoms with Crippen molar-refractivity contribution < 1.29 is 53.5 Å². The Morgan fingerprint density at radius 1 is 1.14 bits per heavy atom. The van der Waals surface area contributed by atoms with Gasteiger partial charge in [0.2, 0.25) is 0 Å². The van der Waals surface area contributed by atoms with E-state index in [2.05, 4.69) is 10.2 Å². The van der Waals surface area contributed by atoms with Crippen LogP contribution in [0.4, 0.5) is 10.1 Å². The molecule has 2 aromatic carbocycles. The van der Waals surface area contributed by atoms with Crippen LogP contribution in [0.3, 0.4) is 0 Å². The molecule has 0 saturated carbocycles. The smallest absolute Gasteiger partial charge is 0.336 e. The number of nitrogens with zero attached hydrogens (tertiary/aromatic N) is 1. The number of aliphatic hydroxyl groups is 1. The summed E-state index contributed by atoms with van der Waals surface area (Å²) in [7, 11) is 0. The van der Waals surface area contributed by atoms with E-state index in [4.69, 9.17) is 47.2 Å². The largest absolute Gasteiger partial charge is 0.493 e. The molecule has 7 N–H and O–H groups in total. The first kappa shape index (κ1) is 34.2. The number of halogens is 2. The van der Waals surface area contributed by atoms with Crippen LogP contribution in [-0.2, 0) is 25.7 Å². The predicted molar refractivity (Wildman–Crippen MR) is 148 cm³/mol. The van der Waals surface area contributed by atoms with Crippen molar-refractivity contribution in [1.29, 1.82) is 0 Å². The van der Waals surface area contributed by atoms with E-state index in [0.717, 1.165) is 12.1 Å². The van der Waals surface area contributed by atoms with Gasteiger partial charge in [-0.2, -0.15) is 0 Å². The van der Waals surface area contributed by atoms with Gasteiger partial charge in [-0.25, -0.2) is 9.18 Å². The molecule has 1 heterocycles. The number of hydrogen-bond donors (Lipinski definition) is 6. The molecule has 42 heavy (non-hydrogen) atoms. The monoisotopic (exact) mass is 613 g/mol. The molecule has 1 saturated heterocycles. The van der Waals surface area contributed by atoms with Gasteiger partial charge in [-0.15, -0.1) is 0 Å². The summed E-state index contributed by atoms with van der Waals surface area (Å²) in [6, 6.07) is 9.55. The molecule has 1 fully saturated rings. The molecule has 230 valence electrons. The van der Waals surface area contributed by atoms with E-state index in [9.17, 15) is 23.6 Å². The molecule has 13 nitrogen and oxygen atoms in total. The summed E-state index contributed by atoms with van der Waals surface area (Å²) >= 11 is 6.07.